The minimum absolute atomic E-state index is 0.123. The molecule has 3 aromatic rings. The van der Waals surface area contributed by atoms with E-state index in [2.05, 4.69) is 31.2 Å². The average molecular weight is 388 g/mol. The molecule has 2 heterocycles. The summed E-state index contributed by atoms with van der Waals surface area (Å²) >= 11 is 3.15. The fourth-order valence-corrected chi connectivity index (χ4v) is 2.44. The van der Waals surface area contributed by atoms with E-state index in [1.807, 2.05) is 26.0 Å². The number of ether oxygens (including phenoxy) is 1. The molecule has 122 valence electrons. The monoisotopic (exact) mass is 387 g/mol. The number of aromatic nitrogens is 2. The molecule has 0 aliphatic rings. The van der Waals surface area contributed by atoms with Crippen LogP contribution in [0.15, 0.2) is 51.6 Å². The lowest BCUT2D eigenvalue weighted by atomic mass is 10.3. The number of anilines is 2. The van der Waals surface area contributed by atoms with Crippen LogP contribution in [0.4, 0.5) is 11.6 Å². The first-order chi connectivity index (χ1) is 11.5. The minimum Gasteiger partial charge on any atom is -0.442 e. The zero-order chi connectivity index (χ0) is 17.1. The second-order valence-corrected chi connectivity index (χ2v) is 5.90. The van der Waals surface area contributed by atoms with Gasteiger partial charge in [-0.25, -0.2) is 14.8 Å². The van der Waals surface area contributed by atoms with E-state index in [1.165, 1.54) is 6.07 Å². The van der Waals surface area contributed by atoms with Gasteiger partial charge in [0.25, 0.3) is 0 Å². The van der Waals surface area contributed by atoms with Crippen molar-refractivity contribution in [2.45, 2.75) is 13.8 Å². The number of hydrogen-bond acceptors (Lipinski definition) is 6. The van der Waals surface area contributed by atoms with Crippen molar-refractivity contribution in [3.63, 3.8) is 0 Å². The highest BCUT2D eigenvalue weighted by molar-refractivity contribution is 9.10. The Bertz CT molecular complexity index is 872. The number of nitrogens with one attached hydrogen (secondary N) is 1. The first-order valence-electron chi connectivity index (χ1n) is 7.16. The third-order valence-electron chi connectivity index (χ3n) is 3.06. The molecule has 0 aliphatic carbocycles. The summed E-state index contributed by atoms with van der Waals surface area (Å²) in [5.74, 6) is 0.436. The molecule has 1 N–H and O–H groups in total. The van der Waals surface area contributed by atoms with Crippen LogP contribution in [0.3, 0.4) is 0 Å². The number of hydrogen-bond donors (Lipinski definition) is 1. The third-order valence-corrected chi connectivity index (χ3v) is 3.48. The maximum Gasteiger partial charge on any atom is 0.379 e. The van der Waals surface area contributed by atoms with Crippen molar-refractivity contribution < 1.29 is 13.9 Å². The van der Waals surface area contributed by atoms with E-state index in [0.717, 1.165) is 11.4 Å². The van der Waals surface area contributed by atoms with Gasteiger partial charge in [0, 0.05) is 23.1 Å². The minimum atomic E-state index is -0.569. The number of esters is 1. The van der Waals surface area contributed by atoms with Crippen LogP contribution in [0, 0.1) is 13.8 Å². The molecule has 0 radical (unpaired) electrons. The van der Waals surface area contributed by atoms with Gasteiger partial charge in [-0.05, 0) is 60.1 Å². The number of carbonyl (C=O) groups excluding carboxylic acids is 1. The Morgan fingerprint density at radius 1 is 1.12 bits per heavy atom. The summed E-state index contributed by atoms with van der Waals surface area (Å²) < 4.78 is 11.0. The lowest BCUT2D eigenvalue weighted by Crippen LogP contribution is -2.07. The molecule has 0 bridgehead atoms. The molecule has 0 saturated heterocycles. The molecule has 6 nitrogen and oxygen atoms in total. The van der Waals surface area contributed by atoms with Crippen molar-refractivity contribution in [3.05, 3.63) is 64.3 Å². The lowest BCUT2D eigenvalue weighted by molar-refractivity contribution is 0.0700. The van der Waals surface area contributed by atoms with Gasteiger partial charge in [-0.1, -0.05) is 6.07 Å². The topological polar surface area (TPSA) is 77.3 Å². The maximum atomic E-state index is 12.0. The predicted octanol–water partition coefficient (Wildman–Crippen LogP) is 4.41. The van der Waals surface area contributed by atoms with Crippen molar-refractivity contribution >= 4 is 33.5 Å². The number of halogens is 1. The molecule has 0 atom stereocenters. The van der Waals surface area contributed by atoms with Crippen LogP contribution >= 0.6 is 15.9 Å². The molecule has 1 aromatic carbocycles. The van der Waals surface area contributed by atoms with Gasteiger partial charge in [-0.2, -0.15) is 0 Å². The van der Waals surface area contributed by atoms with Crippen LogP contribution in [-0.4, -0.2) is 15.9 Å². The third kappa shape index (κ3) is 3.99. The summed E-state index contributed by atoms with van der Waals surface area (Å²) in [5, 5.41) is 3.10. The van der Waals surface area contributed by atoms with Crippen LogP contribution in [0.1, 0.15) is 21.9 Å². The Morgan fingerprint density at radius 2 is 1.88 bits per heavy atom. The van der Waals surface area contributed by atoms with Crippen LogP contribution in [0.5, 0.6) is 5.75 Å². The Kier molecular flexibility index (Phi) is 4.61. The fourth-order valence-electron chi connectivity index (χ4n) is 2.13. The zero-order valence-electron chi connectivity index (χ0n) is 13.0. The Labute approximate surface area is 147 Å². The lowest BCUT2D eigenvalue weighted by Gasteiger charge is -2.08. The van der Waals surface area contributed by atoms with E-state index in [9.17, 15) is 4.79 Å². The highest BCUT2D eigenvalue weighted by atomic mass is 79.9. The van der Waals surface area contributed by atoms with Crippen molar-refractivity contribution in [2.75, 3.05) is 5.32 Å². The SMILES string of the molecule is Cc1cc(C)nc(Nc2cccc(OC(=O)c3ccc(Br)o3)c2)n1. The van der Waals surface area contributed by atoms with Gasteiger partial charge in [-0.3, -0.25) is 0 Å². The van der Waals surface area contributed by atoms with Crippen LogP contribution in [0.25, 0.3) is 0 Å². The summed E-state index contributed by atoms with van der Waals surface area (Å²) in [6.07, 6.45) is 0. The fraction of sp³-hybridized carbons (Fsp3) is 0.118. The zero-order valence-corrected chi connectivity index (χ0v) is 14.6. The van der Waals surface area contributed by atoms with Crippen LogP contribution in [0.2, 0.25) is 0 Å². The second kappa shape index (κ2) is 6.84. The summed E-state index contributed by atoms with van der Waals surface area (Å²) in [6.45, 7) is 3.80. The molecule has 7 heteroatoms. The standard InChI is InChI=1S/C17H14BrN3O3/c1-10-8-11(2)20-17(19-10)21-12-4-3-5-13(9-12)23-16(22)14-6-7-15(18)24-14/h3-9H,1-2H3,(H,19,20,21). The molecule has 2 aromatic heterocycles. The highest BCUT2D eigenvalue weighted by Gasteiger charge is 2.13. The summed E-state index contributed by atoms with van der Waals surface area (Å²) in [5.41, 5.74) is 2.46. The van der Waals surface area contributed by atoms with E-state index in [1.54, 1.807) is 24.3 Å². The first-order valence-corrected chi connectivity index (χ1v) is 7.96. The van der Waals surface area contributed by atoms with E-state index >= 15 is 0 Å². The summed E-state index contributed by atoms with van der Waals surface area (Å²) in [4.78, 5) is 20.6. The molecule has 0 amide bonds. The molecular formula is C17H14BrN3O3. The van der Waals surface area contributed by atoms with Gasteiger partial charge < -0.3 is 14.5 Å². The highest BCUT2D eigenvalue weighted by Crippen LogP contribution is 2.22. The predicted molar refractivity (Wildman–Crippen MR) is 92.6 cm³/mol. The van der Waals surface area contributed by atoms with Crippen molar-refractivity contribution in [1.82, 2.24) is 9.97 Å². The van der Waals surface area contributed by atoms with E-state index < -0.39 is 5.97 Å². The van der Waals surface area contributed by atoms with Gasteiger partial charge in [0.1, 0.15) is 5.75 Å². The molecule has 24 heavy (non-hydrogen) atoms. The molecule has 0 saturated carbocycles. The smallest absolute Gasteiger partial charge is 0.379 e. The van der Waals surface area contributed by atoms with Crippen LogP contribution < -0.4 is 10.1 Å². The van der Waals surface area contributed by atoms with Gasteiger partial charge in [-0.15, -0.1) is 0 Å². The molecule has 0 spiro atoms. The number of rotatable bonds is 4. The van der Waals surface area contributed by atoms with Gasteiger partial charge in [0.05, 0.1) is 0 Å². The van der Waals surface area contributed by atoms with Gasteiger partial charge in [0.2, 0.25) is 11.7 Å². The summed E-state index contributed by atoms with van der Waals surface area (Å²) in [6, 6.07) is 12.0. The number of benzene rings is 1. The quantitative estimate of drug-likeness (QED) is 0.527. The summed E-state index contributed by atoms with van der Waals surface area (Å²) in [7, 11) is 0. The Morgan fingerprint density at radius 3 is 2.54 bits per heavy atom. The number of nitrogens with zero attached hydrogens (tertiary/aromatic N) is 2. The average Bonchev–Trinajstić information content (AvgIpc) is 2.93. The molecule has 0 fully saturated rings. The van der Waals surface area contributed by atoms with Gasteiger partial charge in [0.15, 0.2) is 4.67 Å². The number of furan rings is 1. The molecule has 3 rings (SSSR count). The van der Waals surface area contributed by atoms with Crippen molar-refractivity contribution in [1.29, 1.82) is 0 Å². The van der Waals surface area contributed by atoms with E-state index in [-0.39, 0.29) is 5.76 Å². The maximum absolute atomic E-state index is 12.0. The molecule has 0 unspecified atom stereocenters. The molecule has 0 aliphatic heterocycles. The van der Waals surface area contributed by atoms with Crippen molar-refractivity contribution in [2.24, 2.45) is 0 Å². The van der Waals surface area contributed by atoms with Crippen molar-refractivity contribution in [3.8, 4) is 5.75 Å². The Hall–Kier alpha value is -2.67. The second-order valence-electron chi connectivity index (χ2n) is 5.12. The first kappa shape index (κ1) is 16.2. The number of aryl methyl sites for hydroxylation is 2. The Balaban J connectivity index is 1.75. The van der Waals surface area contributed by atoms with Crippen LogP contribution in [-0.2, 0) is 0 Å². The van der Waals surface area contributed by atoms with E-state index in [4.69, 9.17) is 9.15 Å². The largest absolute Gasteiger partial charge is 0.442 e. The normalized spacial score (nSPS) is 10.5. The number of carbonyl (C=O) groups is 1. The van der Waals surface area contributed by atoms with Gasteiger partial charge >= 0.3 is 5.97 Å². The van der Waals surface area contributed by atoms with E-state index in [0.29, 0.717) is 22.1 Å². The molecular weight excluding hydrogens is 374 g/mol.